The summed E-state index contributed by atoms with van der Waals surface area (Å²) in [7, 11) is 0. The van der Waals surface area contributed by atoms with Crippen molar-refractivity contribution in [2.75, 3.05) is 0 Å². The largest absolute Gasteiger partial charge is 0.508 e. The Morgan fingerprint density at radius 3 is 2.79 bits per heavy atom. The second kappa shape index (κ2) is 4.53. The second-order valence-electron chi connectivity index (χ2n) is 4.16. The van der Waals surface area contributed by atoms with Crippen molar-refractivity contribution in [3.05, 3.63) is 48.3 Å². The molecule has 0 saturated heterocycles. The molecule has 3 aromatic rings. The standard InChI is InChI=1S/C14H11N3O2/c1-9-7-11(5-6-15-9)14-16-13(17-19-14)10-3-2-4-12(18)8-10/h2-8,18H,1H3. The predicted molar refractivity (Wildman–Crippen MR) is 69.4 cm³/mol. The lowest BCUT2D eigenvalue weighted by Gasteiger charge is -1.95. The van der Waals surface area contributed by atoms with E-state index in [1.165, 1.54) is 0 Å². The van der Waals surface area contributed by atoms with Crippen LogP contribution < -0.4 is 0 Å². The Morgan fingerprint density at radius 1 is 1.11 bits per heavy atom. The number of aromatic nitrogens is 3. The van der Waals surface area contributed by atoms with Gasteiger partial charge in [0.15, 0.2) is 0 Å². The lowest BCUT2D eigenvalue weighted by atomic mass is 10.2. The smallest absolute Gasteiger partial charge is 0.258 e. The molecule has 0 saturated carbocycles. The molecule has 0 spiro atoms. The quantitative estimate of drug-likeness (QED) is 0.760. The average Bonchev–Trinajstić information content (AvgIpc) is 2.88. The van der Waals surface area contributed by atoms with E-state index in [0.717, 1.165) is 11.3 Å². The van der Waals surface area contributed by atoms with Crippen LogP contribution in [-0.2, 0) is 0 Å². The van der Waals surface area contributed by atoms with Crippen LogP contribution in [0.25, 0.3) is 22.8 Å². The van der Waals surface area contributed by atoms with E-state index in [0.29, 0.717) is 17.3 Å². The van der Waals surface area contributed by atoms with Crippen molar-refractivity contribution in [3.8, 4) is 28.6 Å². The SMILES string of the molecule is Cc1cc(-c2nc(-c3cccc(O)c3)no2)ccn1. The van der Waals surface area contributed by atoms with Crippen LogP contribution in [0.3, 0.4) is 0 Å². The van der Waals surface area contributed by atoms with Crippen molar-refractivity contribution in [1.82, 2.24) is 15.1 Å². The molecule has 2 aromatic heterocycles. The molecule has 0 unspecified atom stereocenters. The van der Waals surface area contributed by atoms with Crippen LogP contribution in [0.1, 0.15) is 5.69 Å². The highest BCUT2D eigenvalue weighted by Crippen LogP contribution is 2.24. The van der Waals surface area contributed by atoms with Crippen LogP contribution in [0.2, 0.25) is 0 Å². The summed E-state index contributed by atoms with van der Waals surface area (Å²) in [6.07, 6.45) is 1.70. The molecule has 94 valence electrons. The summed E-state index contributed by atoms with van der Waals surface area (Å²) < 4.78 is 5.23. The van der Waals surface area contributed by atoms with Gasteiger partial charge in [0.25, 0.3) is 5.89 Å². The van der Waals surface area contributed by atoms with E-state index in [1.807, 2.05) is 25.1 Å². The first-order valence-electron chi connectivity index (χ1n) is 5.78. The molecule has 5 nitrogen and oxygen atoms in total. The number of hydrogen-bond donors (Lipinski definition) is 1. The van der Waals surface area contributed by atoms with Gasteiger partial charge in [-0.15, -0.1) is 0 Å². The first-order chi connectivity index (χ1) is 9.22. The van der Waals surface area contributed by atoms with E-state index in [1.54, 1.807) is 24.4 Å². The highest BCUT2D eigenvalue weighted by molar-refractivity contribution is 5.60. The van der Waals surface area contributed by atoms with Crippen LogP contribution >= 0.6 is 0 Å². The van der Waals surface area contributed by atoms with Crippen molar-refractivity contribution < 1.29 is 9.63 Å². The molecule has 19 heavy (non-hydrogen) atoms. The zero-order valence-electron chi connectivity index (χ0n) is 10.2. The van der Waals surface area contributed by atoms with Crippen LogP contribution in [0.15, 0.2) is 47.1 Å². The van der Waals surface area contributed by atoms with Crippen molar-refractivity contribution in [2.24, 2.45) is 0 Å². The number of benzene rings is 1. The van der Waals surface area contributed by atoms with Gasteiger partial charge in [-0.25, -0.2) is 0 Å². The number of phenols is 1. The fourth-order valence-corrected chi connectivity index (χ4v) is 1.78. The molecular formula is C14H11N3O2. The maximum absolute atomic E-state index is 9.44. The van der Waals surface area contributed by atoms with Gasteiger partial charge in [0.1, 0.15) is 5.75 Å². The molecule has 0 aliphatic rings. The molecular weight excluding hydrogens is 242 g/mol. The number of rotatable bonds is 2. The van der Waals surface area contributed by atoms with Crippen molar-refractivity contribution in [1.29, 1.82) is 0 Å². The summed E-state index contributed by atoms with van der Waals surface area (Å²) in [5.41, 5.74) is 2.42. The van der Waals surface area contributed by atoms with Gasteiger partial charge >= 0.3 is 0 Å². The summed E-state index contributed by atoms with van der Waals surface area (Å²) in [5, 5.41) is 13.4. The number of aromatic hydroxyl groups is 1. The lowest BCUT2D eigenvalue weighted by Crippen LogP contribution is -1.83. The number of aryl methyl sites for hydroxylation is 1. The summed E-state index contributed by atoms with van der Waals surface area (Å²) in [6.45, 7) is 1.90. The summed E-state index contributed by atoms with van der Waals surface area (Å²) in [6, 6.07) is 10.4. The Morgan fingerprint density at radius 2 is 2.00 bits per heavy atom. The van der Waals surface area contributed by atoms with E-state index >= 15 is 0 Å². The van der Waals surface area contributed by atoms with Gasteiger partial charge in [0.2, 0.25) is 5.82 Å². The van der Waals surface area contributed by atoms with Gasteiger partial charge < -0.3 is 9.63 Å². The van der Waals surface area contributed by atoms with Crippen LogP contribution in [0.5, 0.6) is 5.75 Å². The molecule has 1 N–H and O–H groups in total. The Hall–Kier alpha value is -2.69. The Labute approximate surface area is 109 Å². The minimum absolute atomic E-state index is 0.170. The van der Waals surface area contributed by atoms with Crippen LogP contribution in [0.4, 0.5) is 0 Å². The third-order valence-electron chi connectivity index (χ3n) is 2.67. The topological polar surface area (TPSA) is 72.0 Å². The molecule has 3 rings (SSSR count). The van der Waals surface area contributed by atoms with Crippen molar-refractivity contribution in [3.63, 3.8) is 0 Å². The molecule has 0 aliphatic carbocycles. The first kappa shape index (κ1) is 11.4. The zero-order chi connectivity index (χ0) is 13.2. The summed E-state index contributed by atoms with van der Waals surface area (Å²) in [5.74, 6) is 1.05. The lowest BCUT2D eigenvalue weighted by molar-refractivity contribution is 0.432. The third kappa shape index (κ3) is 2.30. The molecule has 5 heteroatoms. The second-order valence-corrected chi connectivity index (χ2v) is 4.16. The normalized spacial score (nSPS) is 10.6. The highest BCUT2D eigenvalue weighted by atomic mass is 16.5. The van der Waals surface area contributed by atoms with E-state index in [2.05, 4.69) is 15.1 Å². The van der Waals surface area contributed by atoms with E-state index < -0.39 is 0 Å². The Kier molecular flexibility index (Phi) is 2.72. The van der Waals surface area contributed by atoms with Crippen LogP contribution in [-0.4, -0.2) is 20.2 Å². The molecule has 1 aromatic carbocycles. The van der Waals surface area contributed by atoms with Gasteiger partial charge in [0.05, 0.1) is 0 Å². The molecule has 2 heterocycles. The van der Waals surface area contributed by atoms with E-state index in [-0.39, 0.29) is 5.75 Å². The summed E-state index contributed by atoms with van der Waals surface area (Å²) in [4.78, 5) is 8.44. The van der Waals surface area contributed by atoms with Gasteiger partial charge in [-0.3, -0.25) is 4.98 Å². The molecule has 0 radical (unpaired) electrons. The number of phenolic OH excluding ortho intramolecular Hbond substituents is 1. The number of nitrogens with zero attached hydrogens (tertiary/aromatic N) is 3. The van der Waals surface area contributed by atoms with Gasteiger partial charge in [-0.1, -0.05) is 17.3 Å². The fourth-order valence-electron chi connectivity index (χ4n) is 1.78. The monoisotopic (exact) mass is 253 g/mol. The predicted octanol–water partition coefficient (Wildman–Crippen LogP) is 2.81. The molecule has 0 aliphatic heterocycles. The molecule has 0 fully saturated rings. The van der Waals surface area contributed by atoms with Crippen LogP contribution in [0, 0.1) is 6.92 Å². The molecule has 0 atom stereocenters. The number of hydrogen-bond acceptors (Lipinski definition) is 5. The number of pyridine rings is 1. The Bertz CT molecular complexity index is 662. The highest BCUT2D eigenvalue weighted by Gasteiger charge is 2.11. The Balaban J connectivity index is 2.00. The minimum atomic E-state index is 0.170. The van der Waals surface area contributed by atoms with E-state index in [4.69, 9.17) is 4.52 Å². The fraction of sp³-hybridized carbons (Fsp3) is 0.0714. The zero-order valence-corrected chi connectivity index (χ0v) is 10.2. The van der Waals surface area contributed by atoms with Gasteiger partial charge in [-0.05, 0) is 31.2 Å². The van der Waals surface area contributed by atoms with Gasteiger partial charge in [0, 0.05) is 23.0 Å². The molecule has 0 amide bonds. The molecule has 0 bridgehead atoms. The summed E-state index contributed by atoms with van der Waals surface area (Å²) >= 11 is 0. The maximum Gasteiger partial charge on any atom is 0.258 e. The first-order valence-corrected chi connectivity index (χ1v) is 5.78. The van der Waals surface area contributed by atoms with Crippen molar-refractivity contribution >= 4 is 0 Å². The minimum Gasteiger partial charge on any atom is -0.508 e. The average molecular weight is 253 g/mol. The third-order valence-corrected chi connectivity index (χ3v) is 2.67. The van der Waals surface area contributed by atoms with Crippen molar-refractivity contribution in [2.45, 2.75) is 6.92 Å². The van der Waals surface area contributed by atoms with E-state index in [9.17, 15) is 5.11 Å². The van der Waals surface area contributed by atoms with Gasteiger partial charge in [-0.2, -0.15) is 4.98 Å². The maximum atomic E-state index is 9.44.